The predicted octanol–water partition coefficient (Wildman–Crippen LogP) is 12.3. The summed E-state index contributed by atoms with van der Waals surface area (Å²) in [6, 6.07) is 52.7. The molecule has 0 atom stereocenters. The Bertz CT molecular complexity index is 2480. The summed E-state index contributed by atoms with van der Waals surface area (Å²) in [7, 11) is 0. The Hall–Kier alpha value is -5.32. The topological polar surface area (TPSA) is 8.17 Å². The first kappa shape index (κ1) is 27.9. The maximum absolute atomic E-state index is 14.3. The molecular formula is C43H31FN2S. The van der Waals surface area contributed by atoms with Gasteiger partial charge in [-0.1, -0.05) is 98.4 Å². The van der Waals surface area contributed by atoms with Crippen LogP contribution < -0.4 is 4.90 Å². The maximum Gasteiger partial charge on any atom is 0.123 e. The first-order chi connectivity index (χ1) is 23.0. The van der Waals surface area contributed by atoms with E-state index in [1.165, 1.54) is 48.0 Å². The lowest BCUT2D eigenvalue weighted by molar-refractivity contribution is 0.607. The lowest BCUT2D eigenvalue weighted by Crippen LogP contribution is -2.24. The fourth-order valence-corrected chi connectivity index (χ4v) is 8.83. The molecule has 8 aromatic rings. The van der Waals surface area contributed by atoms with Gasteiger partial charge in [0.05, 0.1) is 11.0 Å². The SMILES string of the molecule is CC1(C)c2ccccc2Sc2cc(N(c3ccc(F)cc3)c3ccc4c(c3)c3c5ccccc5ccc3n4-c3ccccc3)ccc21. The molecule has 0 spiro atoms. The number of halogens is 1. The molecule has 1 aromatic heterocycles. The standard InChI is InChI=1S/C43H31FN2S/c1-43(2)36-14-8-9-15-40(36)47-41-27-33(21-23-37(41)43)45(31-19-17-29(44)18-20-31)32-22-25-38-35(26-32)42-34-13-7-6-10-28(34)16-24-39(42)46(38)30-11-4-3-5-12-30/h3-27H,1-2H3. The minimum Gasteiger partial charge on any atom is -0.310 e. The minimum atomic E-state index is -0.249. The van der Waals surface area contributed by atoms with E-state index in [-0.39, 0.29) is 11.2 Å². The van der Waals surface area contributed by atoms with Crippen molar-refractivity contribution in [2.75, 3.05) is 4.90 Å². The summed E-state index contributed by atoms with van der Waals surface area (Å²) in [5.41, 5.74) is 8.95. The van der Waals surface area contributed by atoms with E-state index in [2.05, 4.69) is 151 Å². The Labute approximate surface area is 277 Å². The van der Waals surface area contributed by atoms with Crippen LogP contribution in [0.3, 0.4) is 0 Å². The Morgan fingerprint density at radius 3 is 2.06 bits per heavy atom. The number of aromatic nitrogens is 1. The number of hydrogen-bond donors (Lipinski definition) is 0. The van der Waals surface area contributed by atoms with Crippen LogP contribution in [0.4, 0.5) is 21.5 Å². The van der Waals surface area contributed by atoms with Crippen LogP contribution in [-0.4, -0.2) is 4.57 Å². The molecule has 0 bridgehead atoms. The largest absolute Gasteiger partial charge is 0.310 e. The van der Waals surface area contributed by atoms with Crippen molar-refractivity contribution in [3.63, 3.8) is 0 Å². The van der Waals surface area contributed by atoms with Gasteiger partial charge >= 0.3 is 0 Å². The van der Waals surface area contributed by atoms with E-state index in [0.717, 1.165) is 28.3 Å². The van der Waals surface area contributed by atoms with Gasteiger partial charge in [-0.25, -0.2) is 4.39 Å². The van der Waals surface area contributed by atoms with Crippen LogP contribution in [0.5, 0.6) is 0 Å². The van der Waals surface area contributed by atoms with E-state index in [1.54, 1.807) is 12.1 Å². The van der Waals surface area contributed by atoms with Crippen molar-refractivity contribution in [2.45, 2.75) is 29.1 Å². The third-order valence-electron chi connectivity index (χ3n) is 9.67. The average molecular weight is 627 g/mol. The monoisotopic (exact) mass is 626 g/mol. The summed E-state index contributed by atoms with van der Waals surface area (Å²) in [5.74, 6) is -0.249. The molecule has 0 amide bonds. The zero-order valence-electron chi connectivity index (χ0n) is 26.1. The molecule has 0 aliphatic carbocycles. The smallest absolute Gasteiger partial charge is 0.123 e. The summed E-state index contributed by atoms with van der Waals surface area (Å²) >= 11 is 1.83. The van der Waals surface area contributed by atoms with Crippen LogP contribution in [0.25, 0.3) is 38.3 Å². The van der Waals surface area contributed by atoms with Gasteiger partial charge in [0.2, 0.25) is 0 Å². The van der Waals surface area contributed by atoms with Gasteiger partial charge in [-0.15, -0.1) is 0 Å². The highest BCUT2D eigenvalue weighted by atomic mass is 32.2. The molecule has 7 aromatic carbocycles. The number of para-hydroxylation sites is 1. The van der Waals surface area contributed by atoms with E-state index in [0.29, 0.717) is 0 Å². The second kappa shape index (κ2) is 10.6. The van der Waals surface area contributed by atoms with Crippen LogP contribution >= 0.6 is 11.8 Å². The average Bonchev–Trinajstić information content (AvgIpc) is 3.44. The molecule has 0 unspecified atom stereocenters. The van der Waals surface area contributed by atoms with Crippen molar-refractivity contribution in [2.24, 2.45) is 0 Å². The minimum absolute atomic E-state index is 0.115. The third kappa shape index (κ3) is 4.39. The Kier molecular flexibility index (Phi) is 6.31. The van der Waals surface area contributed by atoms with Crippen LogP contribution in [0.1, 0.15) is 25.0 Å². The number of benzene rings is 7. The van der Waals surface area contributed by atoms with Crippen LogP contribution in [0.15, 0.2) is 161 Å². The summed E-state index contributed by atoms with van der Waals surface area (Å²) in [6.07, 6.45) is 0. The summed E-state index contributed by atoms with van der Waals surface area (Å²) in [5, 5.41) is 4.83. The van der Waals surface area contributed by atoms with Crippen LogP contribution in [0.2, 0.25) is 0 Å². The molecule has 9 rings (SSSR count). The van der Waals surface area contributed by atoms with E-state index in [9.17, 15) is 4.39 Å². The number of fused-ring (bicyclic) bond motifs is 7. The van der Waals surface area contributed by atoms with E-state index in [1.807, 2.05) is 23.9 Å². The van der Waals surface area contributed by atoms with Crippen molar-refractivity contribution >= 4 is 61.4 Å². The fourth-order valence-electron chi connectivity index (χ4n) is 7.40. The van der Waals surface area contributed by atoms with Gasteiger partial charge in [-0.3, -0.25) is 0 Å². The fraction of sp³-hybridized carbons (Fsp3) is 0.0698. The Morgan fingerprint density at radius 1 is 0.553 bits per heavy atom. The zero-order valence-corrected chi connectivity index (χ0v) is 26.9. The molecule has 0 N–H and O–H groups in total. The summed E-state index contributed by atoms with van der Waals surface area (Å²) in [6.45, 7) is 4.62. The summed E-state index contributed by atoms with van der Waals surface area (Å²) in [4.78, 5) is 4.79. The van der Waals surface area contributed by atoms with Gasteiger partial charge in [-0.05, 0) is 101 Å². The zero-order chi connectivity index (χ0) is 31.7. The number of hydrogen-bond acceptors (Lipinski definition) is 2. The van der Waals surface area contributed by atoms with Crippen molar-refractivity contribution in [3.8, 4) is 5.69 Å². The first-order valence-corrected chi connectivity index (χ1v) is 16.8. The molecule has 0 fully saturated rings. The van der Waals surface area contributed by atoms with Gasteiger partial charge in [-0.2, -0.15) is 0 Å². The third-order valence-corrected chi connectivity index (χ3v) is 10.8. The Morgan fingerprint density at radius 2 is 1.21 bits per heavy atom. The van der Waals surface area contributed by atoms with E-state index >= 15 is 0 Å². The van der Waals surface area contributed by atoms with Crippen LogP contribution in [-0.2, 0) is 5.41 Å². The van der Waals surface area contributed by atoms with Gasteiger partial charge in [0, 0.05) is 48.7 Å². The molecule has 47 heavy (non-hydrogen) atoms. The van der Waals surface area contributed by atoms with Gasteiger partial charge < -0.3 is 9.47 Å². The molecule has 2 heterocycles. The second-order valence-corrected chi connectivity index (χ2v) is 13.9. The van der Waals surface area contributed by atoms with Gasteiger partial charge in [0.25, 0.3) is 0 Å². The van der Waals surface area contributed by atoms with Gasteiger partial charge in [0.15, 0.2) is 0 Å². The van der Waals surface area contributed by atoms with E-state index < -0.39 is 0 Å². The van der Waals surface area contributed by atoms with E-state index in [4.69, 9.17) is 0 Å². The first-order valence-electron chi connectivity index (χ1n) is 16.0. The lowest BCUT2D eigenvalue weighted by Gasteiger charge is -2.35. The van der Waals surface area contributed by atoms with Crippen LogP contribution in [0, 0.1) is 5.82 Å². The maximum atomic E-state index is 14.3. The van der Waals surface area contributed by atoms with Crippen molar-refractivity contribution in [1.29, 1.82) is 0 Å². The molecule has 226 valence electrons. The Balaban J connectivity index is 1.29. The molecule has 1 aliphatic rings. The molecule has 4 heteroatoms. The number of rotatable bonds is 4. The molecule has 2 nitrogen and oxygen atoms in total. The van der Waals surface area contributed by atoms with Gasteiger partial charge in [0.1, 0.15) is 5.82 Å². The highest BCUT2D eigenvalue weighted by Gasteiger charge is 2.33. The quantitative estimate of drug-likeness (QED) is 0.192. The summed E-state index contributed by atoms with van der Waals surface area (Å²) < 4.78 is 16.6. The highest BCUT2D eigenvalue weighted by molar-refractivity contribution is 7.99. The number of nitrogens with zero attached hydrogens (tertiary/aromatic N) is 2. The van der Waals surface area contributed by atoms with Crippen molar-refractivity contribution in [1.82, 2.24) is 4.57 Å². The lowest BCUT2D eigenvalue weighted by atomic mass is 9.77. The van der Waals surface area contributed by atoms with Crippen molar-refractivity contribution in [3.05, 3.63) is 169 Å². The highest BCUT2D eigenvalue weighted by Crippen LogP contribution is 2.51. The molecule has 0 saturated heterocycles. The number of anilines is 3. The van der Waals surface area contributed by atoms with Crippen molar-refractivity contribution < 1.29 is 4.39 Å². The molecule has 0 radical (unpaired) electrons. The molecule has 0 saturated carbocycles. The molecule has 1 aliphatic heterocycles. The predicted molar refractivity (Wildman–Crippen MR) is 196 cm³/mol. The second-order valence-electron chi connectivity index (χ2n) is 12.8. The molecular weight excluding hydrogens is 596 g/mol. The normalized spacial score (nSPS) is 13.5.